The van der Waals surface area contributed by atoms with Crippen LogP contribution < -0.4 is 4.72 Å². The van der Waals surface area contributed by atoms with Gasteiger partial charge in [0.2, 0.25) is 15.9 Å². The van der Waals surface area contributed by atoms with Crippen molar-refractivity contribution in [3.63, 3.8) is 0 Å². The van der Waals surface area contributed by atoms with E-state index in [1.54, 1.807) is 6.20 Å². The largest absolute Gasteiger partial charge is 0.439 e. The fraction of sp³-hybridized carbons (Fsp3) is 0.471. The first-order valence-electron chi connectivity index (χ1n) is 8.15. The van der Waals surface area contributed by atoms with Gasteiger partial charge in [-0.2, -0.15) is 0 Å². The van der Waals surface area contributed by atoms with Crippen molar-refractivity contribution in [2.24, 2.45) is 0 Å². The topological polar surface area (TPSA) is 75.4 Å². The van der Waals surface area contributed by atoms with Crippen molar-refractivity contribution in [1.82, 2.24) is 14.6 Å². The van der Waals surface area contributed by atoms with Crippen LogP contribution in [0.25, 0.3) is 11.3 Å². The number of nitrogens with one attached hydrogen (secondary N) is 1. The van der Waals surface area contributed by atoms with Gasteiger partial charge >= 0.3 is 0 Å². The molecular weight excluding hydrogens is 326 g/mol. The number of rotatable bonds is 5. The van der Waals surface area contributed by atoms with Crippen LogP contribution >= 0.6 is 0 Å². The molecule has 1 aromatic heterocycles. The van der Waals surface area contributed by atoms with Crippen LogP contribution in [0.5, 0.6) is 0 Å². The van der Waals surface area contributed by atoms with Crippen molar-refractivity contribution < 1.29 is 12.8 Å². The molecule has 2 aromatic rings. The second-order valence-electron chi connectivity index (χ2n) is 6.31. The summed E-state index contributed by atoms with van der Waals surface area (Å²) < 4.78 is 31.3. The van der Waals surface area contributed by atoms with Crippen LogP contribution in [0.1, 0.15) is 31.7 Å². The van der Waals surface area contributed by atoms with Crippen molar-refractivity contribution >= 4 is 10.0 Å². The number of hydrogen-bond donors (Lipinski definition) is 1. The molecule has 6 nitrogen and oxygen atoms in total. The van der Waals surface area contributed by atoms with Gasteiger partial charge in [0.1, 0.15) is 0 Å². The number of piperidine rings is 1. The van der Waals surface area contributed by atoms with Crippen LogP contribution in [0.3, 0.4) is 0 Å². The Morgan fingerprint density at radius 3 is 2.54 bits per heavy atom. The third-order valence-electron chi connectivity index (χ3n) is 4.40. The Balaban J connectivity index is 1.62. The van der Waals surface area contributed by atoms with Crippen LogP contribution in [0.4, 0.5) is 0 Å². The van der Waals surface area contributed by atoms with E-state index in [0.717, 1.165) is 37.3 Å². The molecule has 1 aromatic carbocycles. The molecule has 7 heteroatoms. The van der Waals surface area contributed by atoms with E-state index in [1.165, 1.54) is 6.26 Å². The molecule has 1 N–H and O–H groups in total. The fourth-order valence-electron chi connectivity index (χ4n) is 3.08. The van der Waals surface area contributed by atoms with Gasteiger partial charge in [0, 0.05) is 24.7 Å². The lowest BCUT2D eigenvalue weighted by atomic mass is 10.0. The molecule has 3 rings (SSSR count). The van der Waals surface area contributed by atoms with Crippen LogP contribution in [0, 0.1) is 0 Å². The minimum absolute atomic E-state index is 0.0212. The molecule has 130 valence electrons. The highest BCUT2D eigenvalue weighted by atomic mass is 32.2. The highest BCUT2D eigenvalue weighted by molar-refractivity contribution is 7.88. The summed E-state index contributed by atoms with van der Waals surface area (Å²) in [5, 5.41) is 0. The Morgan fingerprint density at radius 1 is 1.25 bits per heavy atom. The number of benzene rings is 1. The molecule has 0 aliphatic carbocycles. The Morgan fingerprint density at radius 2 is 1.92 bits per heavy atom. The average molecular weight is 349 g/mol. The molecule has 2 heterocycles. The maximum Gasteiger partial charge on any atom is 0.211 e. The second kappa shape index (κ2) is 7.04. The van der Waals surface area contributed by atoms with Gasteiger partial charge in [0.05, 0.1) is 18.5 Å². The maximum atomic E-state index is 11.3. The SMILES string of the molecule is C[C@H](c1ncc(-c2ccccc2)o1)N1CCC(NS(C)(=O)=O)CC1. The van der Waals surface area contributed by atoms with E-state index < -0.39 is 10.0 Å². The molecule has 0 amide bonds. The zero-order valence-corrected chi connectivity index (χ0v) is 14.8. The molecule has 0 unspecified atom stereocenters. The smallest absolute Gasteiger partial charge is 0.211 e. The number of aromatic nitrogens is 1. The van der Waals surface area contributed by atoms with Gasteiger partial charge in [-0.15, -0.1) is 0 Å². The van der Waals surface area contributed by atoms with Gasteiger partial charge in [-0.3, -0.25) is 4.90 Å². The van der Waals surface area contributed by atoms with Gasteiger partial charge in [-0.1, -0.05) is 30.3 Å². The van der Waals surface area contributed by atoms with E-state index in [4.69, 9.17) is 4.42 Å². The highest BCUT2D eigenvalue weighted by Crippen LogP contribution is 2.27. The lowest BCUT2D eigenvalue weighted by Gasteiger charge is -2.34. The number of nitrogens with zero attached hydrogens (tertiary/aromatic N) is 2. The van der Waals surface area contributed by atoms with Gasteiger partial charge in [-0.05, 0) is 19.8 Å². The van der Waals surface area contributed by atoms with Crippen molar-refractivity contribution in [3.05, 3.63) is 42.4 Å². The first-order valence-corrected chi connectivity index (χ1v) is 10.0. The molecule has 1 atom stereocenters. The molecule has 1 saturated heterocycles. The predicted molar refractivity (Wildman–Crippen MR) is 92.9 cm³/mol. The Labute approximate surface area is 142 Å². The van der Waals surface area contributed by atoms with E-state index in [1.807, 2.05) is 30.3 Å². The normalized spacial score (nSPS) is 18.6. The van der Waals surface area contributed by atoms with Gasteiger partial charge in [0.15, 0.2) is 5.76 Å². The van der Waals surface area contributed by atoms with Gasteiger partial charge < -0.3 is 4.42 Å². The minimum atomic E-state index is -3.14. The summed E-state index contributed by atoms with van der Waals surface area (Å²) in [6, 6.07) is 10.0. The van der Waals surface area contributed by atoms with E-state index >= 15 is 0 Å². The van der Waals surface area contributed by atoms with Gasteiger partial charge in [-0.25, -0.2) is 18.1 Å². The molecule has 1 fully saturated rings. The lowest BCUT2D eigenvalue weighted by Crippen LogP contribution is -2.44. The van der Waals surface area contributed by atoms with Crippen LogP contribution in [0.2, 0.25) is 0 Å². The molecule has 0 spiro atoms. The van der Waals surface area contributed by atoms with Crippen molar-refractivity contribution in [2.75, 3.05) is 19.3 Å². The fourth-order valence-corrected chi connectivity index (χ4v) is 3.92. The summed E-state index contributed by atoms with van der Waals surface area (Å²) in [5.74, 6) is 1.47. The minimum Gasteiger partial charge on any atom is -0.439 e. The summed E-state index contributed by atoms with van der Waals surface area (Å²) in [5.41, 5.74) is 1.01. The molecule has 24 heavy (non-hydrogen) atoms. The first-order chi connectivity index (χ1) is 11.4. The molecular formula is C17H23N3O3S. The summed E-state index contributed by atoms with van der Waals surface area (Å²) in [7, 11) is -3.14. The number of oxazole rings is 1. The van der Waals surface area contributed by atoms with Crippen molar-refractivity contribution in [1.29, 1.82) is 0 Å². The standard InChI is InChI=1S/C17H23N3O3S/c1-13(20-10-8-15(9-11-20)19-24(2,21)22)17-18-12-16(23-17)14-6-4-3-5-7-14/h3-7,12-13,15,19H,8-11H2,1-2H3/t13-/m1/s1. The summed E-state index contributed by atoms with van der Waals surface area (Å²) in [6.45, 7) is 3.71. The third-order valence-corrected chi connectivity index (χ3v) is 5.16. The average Bonchev–Trinajstić information content (AvgIpc) is 3.04. The molecule has 0 radical (unpaired) electrons. The Kier molecular flexibility index (Phi) is 5.03. The van der Waals surface area contributed by atoms with Crippen molar-refractivity contribution in [2.45, 2.75) is 31.8 Å². The van der Waals surface area contributed by atoms with E-state index in [2.05, 4.69) is 21.5 Å². The molecule has 1 aliphatic rings. The Bertz CT molecular complexity index is 765. The zero-order chi connectivity index (χ0) is 17.2. The zero-order valence-electron chi connectivity index (χ0n) is 14.0. The summed E-state index contributed by atoms with van der Waals surface area (Å²) in [4.78, 5) is 6.71. The third kappa shape index (κ3) is 4.23. The van der Waals surface area contributed by atoms with Crippen LogP contribution in [-0.4, -0.2) is 43.7 Å². The quantitative estimate of drug-likeness (QED) is 0.897. The number of sulfonamides is 1. The second-order valence-corrected chi connectivity index (χ2v) is 8.09. The van der Waals surface area contributed by atoms with E-state index in [-0.39, 0.29) is 12.1 Å². The number of likely N-dealkylation sites (tertiary alicyclic amines) is 1. The molecule has 1 aliphatic heterocycles. The van der Waals surface area contributed by atoms with Crippen LogP contribution in [0.15, 0.2) is 40.9 Å². The highest BCUT2D eigenvalue weighted by Gasteiger charge is 2.27. The predicted octanol–water partition coefficient (Wildman–Crippen LogP) is 2.42. The summed E-state index contributed by atoms with van der Waals surface area (Å²) >= 11 is 0. The monoisotopic (exact) mass is 349 g/mol. The number of hydrogen-bond acceptors (Lipinski definition) is 5. The lowest BCUT2D eigenvalue weighted by molar-refractivity contribution is 0.141. The van der Waals surface area contributed by atoms with E-state index in [9.17, 15) is 8.42 Å². The maximum absolute atomic E-state index is 11.3. The van der Waals surface area contributed by atoms with E-state index in [0.29, 0.717) is 5.89 Å². The van der Waals surface area contributed by atoms with Gasteiger partial charge in [0.25, 0.3) is 0 Å². The summed E-state index contributed by atoms with van der Waals surface area (Å²) in [6.07, 6.45) is 4.56. The van der Waals surface area contributed by atoms with Crippen molar-refractivity contribution in [3.8, 4) is 11.3 Å². The van der Waals surface area contributed by atoms with Crippen LogP contribution in [-0.2, 0) is 10.0 Å². The Hall–Kier alpha value is -1.70. The molecule has 0 saturated carbocycles. The first kappa shape index (κ1) is 17.1. The molecule has 0 bridgehead atoms.